The molecule has 0 aromatic heterocycles. The van der Waals surface area contributed by atoms with E-state index >= 15 is 0 Å². The van der Waals surface area contributed by atoms with E-state index in [1.54, 1.807) is 7.11 Å². The van der Waals surface area contributed by atoms with Crippen LogP contribution in [0.1, 0.15) is 50.0 Å². The molecule has 0 amide bonds. The first-order chi connectivity index (χ1) is 10.3. The molecule has 0 saturated heterocycles. The van der Waals surface area contributed by atoms with E-state index in [1.807, 2.05) is 11.8 Å². The molecule has 3 heteroatoms. The Morgan fingerprint density at radius 3 is 2.48 bits per heavy atom. The van der Waals surface area contributed by atoms with Gasteiger partial charge in [-0.3, -0.25) is 0 Å². The monoisotopic (exact) mass is 307 g/mol. The van der Waals surface area contributed by atoms with Crippen LogP contribution in [0.2, 0.25) is 0 Å². The van der Waals surface area contributed by atoms with Gasteiger partial charge in [-0.2, -0.15) is 11.8 Å². The second-order valence-electron chi connectivity index (χ2n) is 6.00. The predicted octanol–water partition coefficient (Wildman–Crippen LogP) is 4.45. The molecule has 1 aromatic carbocycles. The second-order valence-corrected chi connectivity index (χ2v) is 6.99. The van der Waals surface area contributed by atoms with Crippen molar-refractivity contribution in [3.05, 3.63) is 29.8 Å². The third-order valence-corrected chi connectivity index (χ3v) is 5.13. The van der Waals surface area contributed by atoms with Crippen LogP contribution in [0.5, 0.6) is 5.75 Å². The van der Waals surface area contributed by atoms with Crippen LogP contribution < -0.4 is 10.1 Å². The van der Waals surface area contributed by atoms with Gasteiger partial charge in [-0.05, 0) is 67.9 Å². The summed E-state index contributed by atoms with van der Waals surface area (Å²) in [6.07, 6.45) is 10.3. The van der Waals surface area contributed by atoms with Gasteiger partial charge in [-0.25, -0.2) is 0 Å². The summed E-state index contributed by atoms with van der Waals surface area (Å²) in [6, 6.07) is 9.31. The summed E-state index contributed by atoms with van der Waals surface area (Å²) in [5, 5.41) is 3.70. The summed E-state index contributed by atoms with van der Waals surface area (Å²) >= 11 is 1.96. The van der Waals surface area contributed by atoms with E-state index in [1.165, 1.54) is 56.4 Å². The van der Waals surface area contributed by atoms with Gasteiger partial charge in [0, 0.05) is 6.04 Å². The molecule has 2 rings (SSSR count). The number of rotatable bonds is 10. The molecule has 1 aliphatic rings. The van der Waals surface area contributed by atoms with E-state index in [-0.39, 0.29) is 0 Å². The standard InChI is InChI=1S/C18H29NOS/c1-20-18-9-7-15(8-10-18)16-13-17(14-16)19-11-5-3-4-6-12-21-2/h7-10,16-17,19H,3-6,11-14H2,1-2H3. The number of ether oxygens (including phenoxy) is 1. The molecule has 118 valence electrons. The highest BCUT2D eigenvalue weighted by atomic mass is 32.2. The van der Waals surface area contributed by atoms with Crippen molar-refractivity contribution in [3.8, 4) is 5.75 Å². The minimum atomic E-state index is 0.739. The molecular formula is C18H29NOS. The molecule has 1 saturated carbocycles. The Kier molecular flexibility index (Phi) is 7.45. The molecule has 1 N–H and O–H groups in total. The third-order valence-electron chi connectivity index (χ3n) is 4.43. The van der Waals surface area contributed by atoms with Crippen molar-refractivity contribution in [1.82, 2.24) is 5.32 Å². The molecule has 0 heterocycles. The number of benzene rings is 1. The summed E-state index contributed by atoms with van der Waals surface area (Å²) in [6.45, 7) is 1.19. The molecule has 21 heavy (non-hydrogen) atoms. The Labute approximate surface area is 134 Å². The number of unbranched alkanes of at least 4 members (excludes halogenated alkanes) is 3. The zero-order valence-electron chi connectivity index (χ0n) is 13.4. The Balaban J connectivity index is 1.52. The number of nitrogens with one attached hydrogen (secondary N) is 1. The summed E-state index contributed by atoms with van der Waals surface area (Å²) in [5.74, 6) is 3.02. The largest absolute Gasteiger partial charge is 0.497 e. The summed E-state index contributed by atoms with van der Waals surface area (Å²) in [7, 11) is 1.72. The van der Waals surface area contributed by atoms with Gasteiger partial charge in [0.2, 0.25) is 0 Å². The minimum absolute atomic E-state index is 0.739. The van der Waals surface area contributed by atoms with Gasteiger partial charge in [0.05, 0.1) is 7.11 Å². The maximum atomic E-state index is 5.21. The minimum Gasteiger partial charge on any atom is -0.497 e. The van der Waals surface area contributed by atoms with Crippen LogP contribution in [-0.4, -0.2) is 31.7 Å². The Bertz CT molecular complexity index is 387. The van der Waals surface area contributed by atoms with E-state index in [9.17, 15) is 0 Å². The van der Waals surface area contributed by atoms with Gasteiger partial charge in [0.1, 0.15) is 5.75 Å². The summed E-state index contributed by atoms with van der Waals surface area (Å²) in [5.41, 5.74) is 1.46. The average molecular weight is 308 g/mol. The third kappa shape index (κ3) is 5.55. The van der Waals surface area contributed by atoms with E-state index < -0.39 is 0 Å². The quantitative estimate of drug-likeness (QED) is 0.645. The number of methoxy groups -OCH3 is 1. The fourth-order valence-corrected chi connectivity index (χ4v) is 3.46. The number of thioether (sulfide) groups is 1. The van der Waals surface area contributed by atoms with E-state index in [0.29, 0.717) is 0 Å². The maximum absolute atomic E-state index is 5.21. The molecule has 1 fully saturated rings. The lowest BCUT2D eigenvalue weighted by molar-refractivity contribution is 0.289. The molecule has 1 aromatic rings. The van der Waals surface area contributed by atoms with Gasteiger partial charge in [0.25, 0.3) is 0 Å². The van der Waals surface area contributed by atoms with Crippen molar-refractivity contribution in [2.24, 2.45) is 0 Å². The molecule has 0 bridgehead atoms. The first-order valence-electron chi connectivity index (χ1n) is 8.19. The summed E-state index contributed by atoms with van der Waals surface area (Å²) < 4.78 is 5.21. The molecule has 0 atom stereocenters. The van der Waals surface area contributed by atoms with Crippen LogP contribution in [0.25, 0.3) is 0 Å². The first kappa shape index (κ1) is 16.7. The van der Waals surface area contributed by atoms with Crippen molar-refractivity contribution in [2.75, 3.05) is 25.7 Å². The predicted molar refractivity (Wildman–Crippen MR) is 93.6 cm³/mol. The molecule has 0 spiro atoms. The van der Waals surface area contributed by atoms with Gasteiger partial charge in [0.15, 0.2) is 0 Å². The van der Waals surface area contributed by atoms with Crippen LogP contribution in [0.4, 0.5) is 0 Å². The normalized spacial score (nSPS) is 21.0. The zero-order chi connectivity index (χ0) is 14.9. The lowest BCUT2D eigenvalue weighted by Gasteiger charge is -2.36. The van der Waals surface area contributed by atoms with E-state index in [0.717, 1.165) is 17.7 Å². The fraction of sp³-hybridized carbons (Fsp3) is 0.667. The van der Waals surface area contributed by atoms with Crippen LogP contribution in [0, 0.1) is 0 Å². The van der Waals surface area contributed by atoms with Crippen molar-refractivity contribution < 1.29 is 4.74 Å². The number of hydrogen-bond donors (Lipinski definition) is 1. The lowest BCUT2D eigenvalue weighted by atomic mass is 9.76. The molecular weight excluding hydrogens is 278 g/mol. The maximum Gasteiger partial charge on any atom is 0.118 e. The zero-order valence-corrected chi connectivity index (χ0v) is 14.3. The van der Waals surface area contributed by atoms with Crippen LogP contribution in [0.3, 0.4) is 0 Å². The highest BCUT2D eigenvalue weighted by Gasteiger charge is 2.29. The van der Waals surface area contributed by atoms with Crippen molar-refractivity contribution in [1.29, 1.82) is 0 Å². The highest BCUT2D eigenvalue weighted by molar-refractivity contribution is 7.98. The topological polar surface area (TPSA) is 21.3 Å². The van der Waals surface area contributed by atoms with E-state index in [4.69, 9.17) is 4.74 Å². The smallest absolute Gasteiger partial charge is 0.118 e. The molecule has 0 unspecified atom stereocenters. The molecule has 1 aliphatic carbocycles. The Morgan fingerprint density at radius 1 is 1.10 bits per heavy atom. The lowest BCUT2D eigenvalue weighted by Crippen LogP contribution is -2.40. The van der Waals surface area contributed by atoms with Crippen LogP contribution >= 0.6 is 11.8 Å². The van der Waals surface area contributed by atoms with Gasteiger partial charge < -0.3 is 10.1 Å². The van der Waals surface area contributed by atoms with Crippen LogP contribution in [-0.2, 0) is 0 Å². The van der Waals surface area contributed by atoms with Crippen molar-refractivity contribution in [2.45, 2.75) is 50.5 Å². The molecule has 2 nitrogen and oxygen atoms in total. The van der Waals surface area contributed by atoms with Gasteiger partial charge >= 0.3 is 0 Å². The first-order valence-corrected chi connectivity index (χ1v) is 9.59. The fourth-order valence-electron chi connectivity index (χ4n) is 2.96. The highest BCUT2D eigenvalue weighted by Crippen LogP contribution is 2.37. The average Bonchev–Trinajstić information content (AvgIpc) is 2.48. The van der Waals surface area contributed by atoms with Crippen molar-refractivity contribution in [3.63, 3.8) is 0 Å². The van der Waals surface area contributed by atoms with Crippen molar-refractivity contribution >= 4 is 11.8 Å². The Hall–Kier alpha value is -0.670. The Morgan fingerprint density at radius 2 is 1.81 bits per heavy atom. The molecule has 0 radical (unpaired) electrons. The van der Waals surface area contributed by atoms with Gasteiger partial charge in [-0.15, -0.1) is 0 Å². The van der Waals surface area contributed by atoms with Gasteiger partial charge in [-0.1, -0.05) is 25.0 Å². The number of hydrogen-bond acceptors (Lipinski definition) is 3. The SMILES string of the molecule is COc1ccc(C2CC(NCCCCCCSC)C2)cc1. The summed E-state index contributed by atoms with van der Waals surface area (Å²) in [4.78, 5) is 0. The molecule has 0 aliphatic heterocycles. The second kappa shape index (κ2) is 9.37. The van der Waals surface area contributed by atoms with Crippen LogP contribution in [0.15, 0.2) is 24.3 Å². The van der Waals surface area contributed by atoms with E-state index in [2.05, 4.69) is 35.8 Å².